The minimum Gasteiger partial charge on any atom is -0.497 e. The second-order valence-corrected chi connectivity index (χ2v) is 5.59. The molecule has 5 nitrogen and oxygen atoms in total. The standard InChI is InChI=1S/C17H19NO4S/c1-20-13-6-4-12(5-7-13)17(19)18-11-23-14-8-9-15(21-2)16(10-14)22-3/h4-10H,11H2,1-3H3,(H,18,19). The zero-order valence-corrected chi connectivity index (χ0v) is 14.1. The smallest absolute Gasteiger partial charge is 0.251 e. The molecule has 0 radical (unpaired) electrons. The van der Waals surface area contributed by atoms with Crippen molar-refractivity contribution >= 4 is 17.7 Å². The quantitative estimate of drug-likeness (QED) is 0.623. The second kappa shape index (κ2) is 8.33. The number of carbonyl (C=O) groups excluding carboxylic acids is 1. The van der Waals surface area contributed by atoms with Gasteiger partial charge in [-0.1, -0.05) is 0 Å². The SMILES string of the molecule is COc1ccc(C(=O)NCSc2ccc(OC)c(OC)c2)cc1. The first-order chi connectivity index (χ1) is 11.2. The monoisotopic (exact) mass is 333 g/mol. The minimum atomic E-state index is -0.124. The predicted octanol–water partition coefficient (Wildman–Crippen LogP) is 3.19. The third-order valence-electron chi connectivity index (χ3n) is 3.18. The summed E-state index contributed by atoms with van der Waals surface area (Å²) in [5.41, 5.74) is 0.596. The lowest BCUT2D eigenvalue weighted by Crippen LogP contribution is -2.22. The van der Waals surface area contributed by atoms with Gasteiger partial charge < -0.3 is 19.5 Å². The molecular weight excluding hydrogens is 314 g/mol. The van der Waals surface area contributed by atoms with E-state index in [4.69, 9.17) is 14.2 Å². The van der Waals surface area contributed by atoms with Gasteiger partial charge in [-0.25, -0.2) is 0 Å². The summed E-state index contributed by atoms with van der Waals surface area (Å²) in [6.07, 6.45) is 0. The van der Waals surface area contributed by atoms with E-state index in [-0.39, 0.29) is 5.91 Å². The van der Waals surface area contributed by atoms with Crippen LogP contribution in [0.5, 0.6) is 17.2 Å². The van der Waals surface area contributed by atoms with Gasteiger partial charge in [0.1, 0.15) is 5.75 Å². The van der Waals surface area contributed by atoms with E-state index in [0.29, 0.717) is 22.9 Å². The highest BCUT2D eigenvalue weighted by atomic mass is 32.2. The molecule has 0 atom stereocenters. The lowest BCUT2D eigenvalue weighted by molar-refractivity contribution is 0.0961. The summed E-state index contributed by atoms with van der Waals surface area (Å²) < 4.78 is 15.5. The Hall–Kier alpha value is -2.34. The molecule has 0 saturated carbocycles. The van der Waals surface area contributed by atoms with Crippen molar-refractivity contribution in [3.05, 3.63) is 48.0 Å². The molecule has 0 aliphatic heterocycles. The molecule has 0 aliphatic carbocycles. The molecular formula is C17H19NO4S. The third kappa shape index (κ3) is 4.56. The van der Waals surface area contributed by atoms with Crippen LogP contribution in [0.1, 0.15) is 10.4 Å². The van der Waals surface area contributed by atoms with Crippen molar-refractivity contribution in [3.8, 4) is 17.2 Å². The highest BCUT2D eigenvalue weighted by Crippen LogP contribution is 2.31. The molecule has 2 aromatic carbocycles. The van der Waals surface area contributed by atoms with Crippen molar-refractivity contribution in [1.82, 2.24) is 5.32 Å². The zero-order valence-electron chi connectivity index (χ0n) is 13.3. The van der Waals surface area contributed by atoms with Crippen molar-refractivity contribution in [2.45, 2.75) is 4.90 Å². The first-order valence-corrected chi connectivity index (χ1v) is 7.93. The van der Waals surface area contributed by atoms with Crippen LogP contribution in [0, 0.1) is 0 Å². The Morgan fingerprint density at radius 3 is 2.26 bits per heavy atom. The Bertz CT molecular complexity index is 658. The maximum absolute atomic E-state index is 12.0. The number of benzene rings is 2. The summed E-state index contributed by atoms with van der Waals surface area (Å²) in [5.74, 6) is 2.40. The van der Waals surface area contributed by atoms with E-state index in [1.807, 2.05) is 18.2 Å². The normalized spacial score (nSPS) is 10.0. The van der Waals surface area contributed by atoms with E-state index in [2.05, 4.69) is 5.32 Å². The van der Waals surface area contributed by atoms with Crippen LogP contribution < -0.4 is 19.5 Å². The van der Waals surface area contributed by atoms with Crippen molar-refractivity contribution in [3.63, 3.8) is 0 Å². The summed E-state index contributed by atoms with van der Waals surface area (Å²) >= 11 is 1.51. The van der Waals surface area contributed by atoms with Crippen molar-refractivity contribution < 1.29 is 19.0 Å². The highest BCUT2D eigenvalue weighted by Gasteiger charge is 2.07. The van der Waals surface area contributed by atoms with Gasteiger partial charge in [-0.3, -0.25) is 4.79 Å². The highest BCUT2D eigenvalue weighted by molar-refractivity contribution is 7.99. The molecule has 0 aliphatic rings. The van der Waals surface area contributed by atoms with Crippen molar-refractivity contribution in [2.24, 2.45) is 0 Å². The number of amides is 1. The van der Waals surface area contributed by atoms with E-state index in [1.165, 1.54) is 11.8 Å². The number of hydrogen-bond acceptors (Lipinski definition) is 5. The van der Waals surface area contributed by atoms with E-state index < -0.39 is 0 Å². The maximum Gasteiger partial charge on any atom is 0.251 e. The van der Waals surface area contributed by atoms with Crippen LogP contribution in [-0.2, 0) is 0 Å². The van der Waals surface area contributed by atoms with Gasteiger partial charge in [0.05, 0.1) is 27.2 Å². The predicted molar refractivity (Wildman–Crippen MR) is 90.7 cm³/mol. The minimum absolute atomic E-state index is 0.124. The molecule has 2 aromatic rings. The van der Waals surface area contributed by atoms with Crippen LogP contribution in [0.3, 0.4) is 0 Å². The second-order valence-electron chi connectivity index (χ2n) is 4.54. The fourth-order valence-corrected chi connectivity index (χ4v) is 2.66. The van der Waals surface area contributed by atoms with Crippen LogP contribution in [0.25, 0.3) is 0 Å². The molecule has 1 amide bonds. The molecule has 0 bridgehead atoms. The zero-order chi connectivity index (χ0) is 16.7. The molecule has 122 valence electrons. The van der Waals surface area contributed by atoms with Gasteiger partial charge in [0.2, 0.25) is 0 Å². The Balaban J connectivity index is 1.90. The van der Waals surface area contributed by atoms with Gasteiger partial charge >= 0.3 is 0 Å². The fourth-order valence-electron chi connectivity index (χ4n) is 1.94. The van der Waals surface area contributed by atoms with Crippen molar-refractivity contribution in [2.75, 3.05) is 27.2 Å². The van der Waals surface area contributed by atoms with E-state index in [9.17, 15) is 4.79 Å². The first kappa shape index (κ1) is 17.0. The van der Waals surface area contributed by atoms with Gasteiger partial charge in [0.25, 0.3) is 5.91 Å². The maximum atomic E-state index is 12.0. The summed E-state index contributed by atoms with van der Waals surface area (Å²) in [4.78, 5) is 13.0. The van der Waals surface area contributed by atoms with Crippen molar-refractivity contribution in [1.29, 1.82) is 0 Å². The summed E-state index contributed by atoms with van der Waals surface area (Å²) in [5, 5.41) is 2.86. The molecule has 6 heteroatoms. The number of ether oxygens (including phenoxy) is 3. The lowest BCUT2D eigenvalue weighted by Gasteiger charge is -2.10. The number of nitrogens with one attached hydrogen (secondary N) is 1. The molecule has 1 N–H and O–H groups in total. The third-order valence-corrected chi connectivity index (χ3v) is 4.05. The Morgan fingerprint density at radius 1 is 0.957 bits per heavy atom. The molecule has 0 fully saturated rings. The van der Waals surface area contributed by atoms with Crippen LogP contribution in [0.4, 0.5) is 0 Å². The van der Waals surface area contributed by atoms with E-state index in [0.717, 1.165) is 10.6 Å². The molecule has 0 saturated heterocycles. The molecule has 23 heavy (non-hydrogen) atoms. The number of thioether (sulfide) groups is 1. The van der Waals surface area contributed by atoms with Gasteiger partial charge in [-0.2, -0.15) is 0 Å². The van der Waals surface area contributed by atoms with Crippen LogP contribution >= 0.6 is 11.8 Å². The van der Waals surface area contributed by atoms with Crippen LogP contribution in [0.2, 0.25) is 0 Å². The molecule has 0 spiro atoms. The largest absolute Gasteiger partial charge is 0.497 e. The Kier molecular flexibility index (Phi) is 6.17. The Morgan fingerprint density at radius 2 is 1.65 bits per heavy atom. The number of rotatable bonds is 7. The molecule has 0 aromatic heterocycles. The first-order valence-electron chi connectivity index (χ1n) is 6.95. The average molecular weight is 333 g/mol. The fraction of sp³-hybridized carbons (Fsp3) is 0.235. The average Bonchev–Trinajstić information content (AvgIpc) is 2.61. The number of methoxy groups -OCH3 is 3. The van der Waals surface area contributed by atoms with E-state index in [1.54, 1.807) is 45.6 Å². The van der Waals surface area contributed by atoms with E-state index >= 15 is 0 Å². The lowest BCUT2D eigenvalue weighted by atomic mass is 10.2. The molecule has 0 unspecified atom stereocenters. The number of hydrogen-bond donors (Lipinski definition) is 1. The topological polar surface area (TPSA) is 56.8 Å². The van der Waals surface area contributed by atoms with Gasteiger partial charge in [-0.05, 0) is 42.5 Å². The molecule has 2 rings (SSSR count). The van der Waals surface area contributed by atoms with Gasteiger partial charge in [-0.15, -0.1) is 11.8 Å². The summed E-state index contributed by atoms with van der Waals surface area (Å²) in [7, 11) is 4.78. The molecule has 0 heterocycles. The number of carbonyl (C=O) groups is 1. The Labute approximate surface area is 139 Å². The van der Waals surface area contributed by atoms with Gasteiger partial charge in [0.15, 0.2) is 11.5 Å². The summed E-state index contributed by atoms with van der Waals surface area (Å²) in [6.45, 7) is 0. The van der Waals surface area contributed by atoms with Crippen LogP contribution in [0.15, 0.2) is 47.4 Å². The van der Waals surface area contributed by atoms with Crippen LogP contribution in [-0.4, -0.2) is 33.1 Å². The summed E-state index contributed by atoms with van der Waals surface area (Å²) in [6, 6.07) is 12.6. The van der Waals surface area contributed by atoms with Gasteiger partial charge in [0, 0.05) is 10.5 Å².